The molecule has 25 heavy (non-hydrogen) atoms. The molecule has 144 valence electrons. The van der Waals surface area contributed by atoms with E-state index in [-0.39, 0.29) is 18.0 Å². The average Bonchev–Trinajstić information content (AvgIpc) is 2.48. The summed E-state index contributed by atoms with van der Waals surface area (Å²) in [5.74, 6) is 1.01. The van der Waals surface area contributed by atoms with Crippen molar-refractivity contribution in [1.82, 2.24) is 20.9 Å². The average molecular weight is 352 g/mol. The van der Waals surface area contributed by atoms with Crippen molar-refractivity contribution in [1.29, 1.82) is 0 Å². The Bertz CT molecular complexity index is 441. The van der Waals surface area contributed by atoms with E-state index >= 15 is 0 Å². The third-order valence-electron chi connectivity index (χ3n) is 3.60. The highest BCUT2D eigenvalue weighted by Crippen LogP contribution is 2.10. The molecule has 0 rings (SSSR count). The van der Waals surface area contributed by atoms with Crippen LogP contribution < -0.4 is 16.0 Å². The van der Waals surface area contributed by atoms with Gasteiger partial charge in [-0.2, -0.15) is 0 Å². The van der Waals surface area contributed by atoms with Gasteiger partial charge in [0.05, 0.1) is 6.54 Å². The summed E-state index contributed by atoms with van der Waals surface area (Å²) in [5, 5.41) is 9.29. The van der Waals surface area contributed by atoms with E-state index in [4.69, 9.17) is 0 Å². The molecule has 0 fully saturated rings. The van der Waals surface area contributed by atoms with Gasteiger partial charge in [-0.15, -0.1) is 13.2 Å². The van der Waals surface area contributed by atoms with Gasteiger partial charge in [0.25, 0.3) is 0 Å². The van der Waals surface area contributed by atoms with Gasteiger partial charge in [-0.1, -0.05) is 26.0 Å². The van der Waals surface area contributed by atoms with Crippen LogP contribution in [0, 0.1) is 5.92 Å². The summed E-state index contributed by atoms with van der Waals surface area (Å²) in [6, 6.07) is 0.304. The largest absolute Gasteiger partial charge is 0.355 e. The SMILES string of the molecule is C=CCN(CC=C)C(CNC(=NC)NCC(=O)NC(C)(C)C)C(C)C. The lowest BCUT2D eigenvalue weighted by molar-refractivity contribution is -0.121. The minimum absolute atomic E-state index is 0.0594. The van der Waals surface area contributed by atoms with Crippen LogP contribution in [0.1, 0.15) is 34.6 Å². The van der Waals surface area contributed by atoms with Crippen molar-refractivity contribution >= 4 is 11.9 Å². The molecule has 3 N–H and O–H groups in total. The topological polar surface area (TPSA) is 68.8 Å². The van der Waals surface area contributed by atoms with Gasteiger partial charge in [0.15, 0.2) is 5.96 Å². The van der Waals surface area contributed by atoms with Gasteiger partial charge in [-0.25, -0.2) is 0 Å². The van der Waals surface area contributed by atoms with Crippen LogP contribution in [0.25, 0.3) is 0 Å². The van der Waals surface area contributed by atoms with Crippen LogP contribution >= 0.6 is 0 Å². The van der Waals surface area contributed by atoms with Crippen molar-refractivity contribution in [3.63, 3.8) is 0 Å². The number of hydrogen-bond donors (Lipinski definition) is 3. The molecule has 0 aromatic rings. The number of amides is 1. The van der Waals surface area contributed by atoms with Gasteiger partial charge in [0.2, 0.25) is 5.91 Å². The molecule has 6 heteroatoms. The maximum absolute atomic E-state index is 11.9. The van der Waals surface area contributed by atoms with Crippen LogP contribution in [0.15, 0.2) is 30.3 Å². The van der Waals surface area contributed by atoms with Crippen molar-refractivity contribution < 1.29 is 4.79 Å². The Kier molecular flexibility index (Phi) is 10.8. The van der Waals surface area contributed by atoms with Gasteiger partial charge in [0, 0.05) is 38.3 Å². The Labute approximate surface area is 153 Å². The molecule has 1 unspecified atom stereocenters. The van der Waals surface area contributed by atoms with Crippen LogP contribution in [-0.4, -0.2) is 61.6 Å². The predicted molar refractivity (Wildman–Crippen MR) is 108 cm³/mol. The first-order valence-corrected chi connectivity index (χ1v) is 8.86. The lowest BCUT2D eigenvalue weighted by atomic mass is 10.0. The van der Waals surface area contributed by atoms with Crippen LogP contribution in [0.5, 0.6) is 0 Å². The minimum atomic E-state index is -0.242. The third-order valence-corrected chi connectivity index (χ3v) is 3.60. The van der Waals surface area contributed by atoms with Gasteiger partial charge in [0.1, 0.15) is 0 Å². The molecular weight excluding hydrogens is 314 g/mol. The number of rotatable bonds is 10. The molecule has 0 radical (unpaired) electrons. The van der Waals surface area contributed by atoms with Gasteiger partial charge in [-0.3, -0.25) is 14.7 Å². The Balaban J connectivity index is 4.65. The van der Waals surface area contributed by atoms with E-state index in [0.29, 0.717) is 17.9 Å². The monoisotopic (exact) mass is 351 g/mol. The Hall–Kier alpha value is -1.82. The van der Waals surface area contributed by atoms with Crippen molar-refractivity contribution in [3.05, 3.63) is 25.3 Å². The molecule has 0 aliphatic rings. The second kappa shape index (κ2) is 11.7. The molecule has 0 aromatic heterocycles. The summed E-state index contributed by atoms with van der Waals surface area (Å²) < 4.78 is 0. The van der Waals surface area contributed by atoms with E-state index in [1.54, 1.807) is 7.05 Å². The van der Waals surface area contributed by atoms with E-state index in [1.807, 2.05) is 32.9 Å². The van der Waals surface area contributed by atoms with E-state index in [2.05, 4.69) is 52.8 Å². The summed E-state index contributed by atoms with van der Waals surface area (Å²) >= 11 is 0. The zero-order chi connectivity index (χ0) is 19.5. The molecular formula is C19H37N5O. The zero-order valence-electron chi connectivity index (χ0n) is 16.9. The van der Waals surface area contributed by atoms with Gasteiger partial charge in [-0.05, 0) is 26.7 Å². The summed E-state index contributed by atoms with van der Waals surface area (Å²) in [6.45, 7) is 20.4. The molecule has 0 heterocycles. The highest BCUT2D eigenvalue weighted by molar-refractivity contribution is 5.86. The van der Waals surface area contributed by atoms with Crippen LogP contribution in [0.3, 0.4) is 0 Å². The number of carbonyl (C=O) groups is 1. The second-order valence-electron chi connectivity index (χ2n) is 7.45. The fourth-order valence-corrected chi connectivity index (χ4v) is 2.51. The van der Waals surface area contributed by atoms with Gasteiger partial charge >= 0.3 is 0 Å². The number of aliphatic imine (C=N–C) groups is 1. The molecule has 1 atom stereocenters. The normalized spacial score (nSPS) is 13.5. The first-order valence-electron chi connectivity index (χ1n) is 8.86. The highest BCUT2D eigenvalue weighted by Gasteiger charge is 2.20. The predicted octanol–water partition coefficient (Wildman–Crippen LogP) is 1.76. The molecule has 0 saturated heterocycles. The van der Waals surface area contributed by atoms with Crippen molar-refractivity contribution in [2.24, 2.45) is 10.9 Å². The van der Waals surface area contributed by atoms with Crippen LogP contribution in [-0.2, 0) is 4.79 Å². The standard InChI is InChI=1S/C19H37N5O/c1-9-11-24(12-10-2)16(15(3)4)13-21-18(20-8)22-14-17(25)23-19(5,6)7/h9-10,15-16H,1-2,11-14H2,3-8H3,(H,23,25)(H2,20,21,22). The molecule has 0 spiro atoms. The number of guanidine groups is 1. The molecule has 1 amide bonds. The summed E-state index contributed by atoms with van der Waals surface area (Å²) in [6.07, 6.45) is 3.81. The molecule has 0 aromatic carbocycles. The first kappa shape index (κ1) is 23.2. The Morgan fingerprint density at radius 2 is 1.72 bits per heavy atom. The van der Waals surface area contributed by atoms with E-state index in [9.17, 15) is 4.79 Å². The minimum Gasteiger partial charge on any atom is -0.355 e. The number of hydrogen-bond acceptors (Lipinski definition) is 3. The van der Waals surface area contributed by atoms with Crippen LogP contribution in [0.2, 0.25) is 0 Å². The second-order valence-corrected chi connectivity index (χ2v) is 7.45. The molecule has 0 aliphatic heterocycles. The molecule has 0 saturated carbocycles. The zero-order valence-corrected chi connectivity index (χ0v) is 16.9. The molecule has 6 nitrogen and oxygen atoms in total. The van der Waals surface area contributed by atoms with Gasteiger partial charge < -0.3 is 16.0 Å². The van der Waals surface area contributed by atoms with E-state index in [0.717, 1.165) is 19.6 Å². The van der Waals surface area contributed by atoms with E-state index < -0.39 is 0 Å². The lowest BCUT2D eigenvalue weighted by Gasteiger charge is -2.33. The number of carbonyl (C=O) groups excluding carboxylic acids is 1. The van der Waals surface area contributed by atoms with Crippen molar-refractivity contribution in [2.75, 3.05) is 33.2 Å². The van der Waals surface area contributed by atoms with Crippen LogP contribution in [0.4, 0.5) is 0 Å². The fourth-order valence-electron chi connectivity index (χ4n) is 2.51. The molecule has 0 aliphatic carbocycles. The summed E-state index contributed by atoms with van der Waals surface area (Å²) in [5.41, 5.74) is -0.242. The third kappa shape index (κ3) is 10.6. The summed E-state index contributed by atoms with van der Waals surface area (Å²) in [7, 11) is 1.70. The van der Waals surface area contributed by atoms with Crippen molar-refractivity contribution in [2.45, 2.75) is 46.2 Å². The maximum Gasteiger partial charge on any atom is 0.239 e. The Morgan fingerprint density at radius 3 is 2.12 bits per heavy atom. The smallest absolute Gasteiger partial charge is 0.239 e. The van der Waals surface area contributed by atoms with Crippen molar-refractivity contribution in [3.8, 4) is 0 Å². The summed E-state index contributed by atoms with van der Waals surface area (Å²) in [4.78, 5) is 18.4. The number of nitrogens with zero attached hydrogens (tertiary/aromatic N) is 2. The quantitative estimate of drug-likeness (QED) is 0.319. The lowest BCUT2D eigenvalue weighted by Crippen LogP contribution is -2.51. The fraction of sp³-hybridized carbons (Fsp3) is 0.684. The maximum atomic E-state index is 11.9. The number of nitrogens with one attached hydrogen (secondary N) is 3. The van der Waals surface area contributed by atoms with E-state index in [1.165, 1.54) is 0 Å². The first-order chi connectivity index (χ1) is 11.6. The molecule has 0 bridgehead atoms. The Morgan fingerprint density at radius 1 is 1.16 bits per heavy atom. The highest BCUT2D eigenvalue weighted by atomic mass is 16.2.